The number of hydrogen-bond donors (Lipinski definition) is 0. The van der Waals surface area contributed by atoms with Crippen molar-refractivity contribution < 1.29 is 0 Å². The molecule has 2 atom stereocenters. The van der Waals surface area contributed by atoms with Crippen LogP contribution in [0.3, 0.4) is 0 Å². The normalized spacial score (nSPS) is 25.3. The highest BCUT2D eigenvalue weighted by molar-refractivity contribution is 6.44. The fourth-order valence-corrected chi connectivity index (χ4v) is 5.61. The second kappa shape index (κ2) is 9.68. The smallest absolute Gasteiger partial charge is 0.127 e. The van der Waals surface area contributed by atoms with Crippen LogP contribution in [0.15, 0.2) is 53.0 Å². The zero-order valence-corrected chi connectivity index (χ0v) is 19.7. The molecular weight excluding hydrogens is 406 g/mol. The van der Waals surface area contributed by atoms with Crippen molar-refractivity contribution in [2.75, 3.05) is 34.2 Å². The summed E-state index contributed by atoms with van der Waals surface area (Å²) < 4.78 is 2.55. The lowest BCUT2D eigenvalue weighted by atomic mass is 9.92. The molecule has 1 aromatic carbocycles. The maximum Gasteiger partial charge on any atom is 0.127 e. The summed E-state index contributed by atoms with van der Waals surface area (Å²) in [5.74, 6) is 1.20. The lowest BCUT2D eigenvalue weighted by Crippen LogP contribution is -2.45. The molecule has 4 rings (SSSR count). The van der Waals surface area contributed by atoms with Crippen molar-refractivity contribution in [3.05, 3.63) is 53.9 Å². The van der Waals surface area contributed by atoms with Gasteiger partial charge in [-0.2, -0.15) is 0 Å². The number of rotatable bonds is 5. The molecule has 1 aromatic heterocycles. The van der Waals surface area contributed by atoms with Crippen molar-refractivity contribution in [1.82, 2.24) is 19.4 Å². The highest BCUT2D eigenvalue weighted by atomic mass is 35.5. The molecule has 166 valence electrons. The third-order valence-electron chi connectivity index (χ3n) is 6.98. The second-order valence-electron chi connectivity index (χ2n) is 8.85. The summed E-state index contributed by atoms with van der Waals surface area (Å²) >= 11 is 6.58. The van der Waals surface area contributed by atoms with Crippen LogP contribution in [0, 0.1) is 0 Å². The van der Waals surface area contributed by atoms with E-state index in [1.54, 1.807) is 6.08 Å². The molecule has 0 bridgehead atoms. The minimum Gasteiger partial charge on any atom is -0.323 e. The number of halogens is 1. The molecule has 2 aliphatic heterocycles. The van der Waals surface area contributed by atoms with Crippen molar-refractivity contribution in [2.24, 2.45) is 4.99 Å². The molecule has 3 heterocycles. The van der Waals surface area contributed by atoms with E-state index in [1.807, 2.05) is 13.1 Å². The number of nitrogens with zero attached hydrogens (tertiary/aromatic N) is 5. The molecule has 0 unspecified atom stereocenters. The van der Waals surface area contributed by atoms with E-state index in [1.165, 1.54) is 24.2 Å². The minimum absolute atomic E-state index is 0.179. The van der Waals surface area contributed by atoms with Crippen LogP contribution in [0.5, 0.6) is 0 Å². The SMILES string of the molecule is C=C/C=C(/Cl)C(=NC)[C@@H]1CCC[C@H](c2nc3ccccc3n2C2CCN(C)CC2)N1C. The summed E-state index contributed by atoms with van der Waals surface area (Å²) in [7, 11) is 6.25. The predicted molar refractivity (Wildman–Crippen MR) is 131 cm³/mol. The highest BCUT2D eigenvalue weighted by Gasteiger charge is 2.36. The van der Waals surface area contributed by atoms with Crippen LogP contribution in [0.2, 0.25) is 0 Å². The van der Waals surface area contributed by atoms with E-state index in [0.29, 0.717) is 11.1 Å². The quantitative estimate of drug-likeness (QED) is 0.474. The van der Waals surface area contributed by atoms with Gasteiger partial charge in [-0.3, -0.25) is 9.89 Å². The van der Waals surface area contributed by atoms with Crippen LogP contribution in [-0.4, -0.2) is 65.3 Å². The van der Waals surface area contributed by atoms with Gasteiger partial charge in [0.25, 0.3) is 0 Å². The molecule has 2 aliphatic rings. The number of aromatic nitrogens is 2. The number of imidazole rings is 1. The zero-order valence-electron chi connectivity index (χ0n) is 19.0. The molecule has 0 amide bonds. The molecule has 6 heteroatoms. The van der Waals surface area contributed by atoms with Gasteiger partial charge in [0.05, 0.1) is 33.9 Å². The number of allylic oxidation sites excluding steroid dienone is 2. The average Bonchev–Trinajstić information content (AvgIpc) is 3.15. The van der Waals surface area contributed by atoms with Crippen LogP contribution in [0.25, 0.3) is 11.0 Å². The van der Waals surface area contributed by atoms with E-state index in [0.717, 1.165) is 43.6 Å². The summed E-state index contributed by atoms with van der Waals surface area (Å²) in [4.78, 5) is 14.6. The molecule has 0 radical (unpaired) electrons. The van der Waals surface area contributed by atoms with Gasteiger partial charge in [0.1, 0.15) is 5.82 Å². The van der Waals surface area contributed by atoms with Crippen molar-refractivity contribution in [2.45, 2.75) is 50.2 Å². The molecule has 5 nitrogen and oxygen atoms in total. The molecule has 2 aromatic rings. The molecule has 0 aliphatic carbocycles. The Hall–Kier alpha value is -1.95. The van der Waals surface area contributed by atoms with E-state index in [-0.39, 0.29) is 12.1 Å². The maximum atomic E-state index is 6.58. The summed E-state index contributed by atoms with van der Waals surface area (Å²) in [5, 5.41) is 0.679. The van der Waals surface area contributed by atoms with Crippen LogP contribution < -0.4 is 0 Å². The topological polar surface area (TPSA) is 36.7 Å². The number of piperidine rings is 2. The van der Waals surface area contributed by atoms with Crippen molar-refractivity contribution in [1.29, 1.82) is 0 Å². The zero-order chi connectivity index (χ0) is 22.0. The lowest BCUT2D eigenvalue weighted by Gasteiger charge is -2.41. The first-order valence-electron chi connectivity index (χ1n) is 11.4. The number of fused-ring (bicyclic) bond motifs is 1. The van der Waals surface area contributed by atoms with Gasteiger partial charge in [0.15, 0.2) is 0 Å². The van der Waals surface area contributed by atoms with Gasteiger partial charge in [-0.05, 0) is 77.5 Å². The molecule has 31 heavy (non-hydrogen) atoms. The minimum atomic E-state index is 0.179. The Morgan fingerprint density at radius 3 is 2.61 bits per heavy atom. The largest absolute Gasteiger partial charge is 0.323 e. The Morgan fingerprint density at radius 1 is 1.16 bits per heavy atom. The van der Waals surface area contributed by atoms with Gasteiger partial charge in [0, 0.05) is 13.1 Å². The Bertz CT molecular complexity index is 983. The standard InChI is InChI=1S/C25H34ClN5/c1-5-9-19(26)24(27-2)22-12-8-13-23(30(22)4)25-28-20-10-6-7-11-21(20)31(25)18-14-16-29(3)17-15-18/h5-7,9-11,18,22-23H,1,8,12-17H2,2-4H3/b19-9+,27-24?/t22-,23+/m0/s1. The molecule has 0 N–H and O–H groups in total. The Balaban J connectivity index is 1.73. The first kappa shape index (κ1) is 22.3. The summed E-state index contributed by atoms with van der Waals surface area (Å²) in [5.41, 5.74) is 3.30. The Morgan fingerprint density at radius 2 is 1.90 bits per heavy atom. The summed E-state index contributed by atoms with van der Waals surface area (Å²) in [6.07, 6.45) is 9.19. The van der Waals surface area contributed by atoms with Gasteiger partial charge in [-0.25, -0.2) is 4.98 Å². The van der Waals surface area contributed by atoms with E-state index >= 15 is 0 Å². The molecule has 2 saturated heterocycles. The van der Waals surface area contributed by atoms with Gasteiger partial charge in [-0.15, -0.1) is 0 Å². The van der Waals surface area contributed by atoms with Crippen molar-refractivity contribution in [3.63, 3.8) is 0 Å². The maximum absolute atomic E-state index is 6.58. The molecule has 2 fully saturated rings. The first-order chi connectivity index (χ1) is 15.0. The van der Waals surface area contributed by atoms with Gasteiger partial charge in [0.2, 0.25) is 0 Å². The van der Waals surface area contributed by atoms with Crippen LogP contribution in [-0.2, 0) is 0 Å². The van der Waals surface area contributed by atoms with E-state index in [9.17, 15) is 0 Å². The fraction of sp³-hybridized carbons (Fsp3) is 0.520. The first-order valence-corrected chi connectivity index (χ1v) is 11.8. The Kier molecular flexibility index (Phi) is 6.95. The van der Waals surface area contributed by atoms with Gasteiger partial charge in [-0.1, -0.05) is 36.4 Å². The third-order valence-corrected chi connectivity index (χ3v) is 7.30. The van der Waals surface area contributed by atoms with Crippen LogP contribution in [0.1, 0.15) is 50.0 Å². The predicted octanol–water partition coefficient (Wildman–Crippen LogP) is 5.21. The Labute approximate surface area is 191 Å². The van der Waals surface area contributed by atoms with Crippen molar-refractivity contribution in [3.8, 4) is 0 Å². The second-order valence-corrected chi connectivity index (χ2v) is 9.26. The fourth-order valence-electron chi connectivity index (χ4n) is 5.31. The summed E-state index contributed by atoms with van der Waals surface area (Å²) in [6.45, 7) is 6.06. The summed E-state index contributed by atoms with van der Waals surface area (Å²) in [6, 6.07) is 9.52. The number of benzene rings is 1. The van der Waals surface area contributed by atoms with Gasteiger partial charge < -0.3 is 9.47 Å². The average molecular weight is 440 g/mol. The van der Waals surface area contributed by atoms with Crippen LogP contribution in [0.4, 0.5) is 0 Å². The number of hydrogen-bond acceptors (Lipinski definition) is 4. The van der Waals surface area contributed by atoms with E-state index in [2.05, 4.69) is 64.3 Å². The van der Waals surface area contributed by atoms with E-state index in [4.69, 9.17) is 16.6 Å². The van der Waals surface area contributed by atoms with Gasteiger partial charge >= 0.3 is 0 Å². The highest BCUT2D eigenvalue weighted by Crippen LogP contribution is 2.38. The van der Waals surface area contributed by atoms with E-state index < -0.39 is 0 Å². The number of para-hydroxylation sites is 2. The molecule has 0 spiro atoms. The number of aliphatic imine (C=N–C) groups is 1. The molecular formula is C25H34ClN5. The van der Waals surface area contributed by atoms with Crippen LogP contribution >= 0.6 is 11.6 Å². The monoisotopic (exact) mass is 439 g/mol. The lowest BCUT2D eigenvalue weighted by molar-refractivity contribution is 0.138. The molecule has 0 saturated carbocycles. The van der Waals surface area contributed by atoms with Crippen molar-refractivity contribution >= 4 is 28.3 Å². The number of likely N-dealkylation sites (tertiary alicyclic amines) is 2. The third kappa shape index (κ3) is 4.36.